The molecule has 0 atom stereocenters. The molecule has 1 aromatic heterocycles. The Kier molecular flexibility index (Phi) is 5.73. The quantitative estimate of drug-likeness (QED) is 0.637. The fourth-order valence-electron chi connectivity index (χ4n) is 4.22. The van der Waals surface area contributed by atoms with E-state index in [0.717, 1.165) is 35.9 Å². The summed E-state index contributed by atoms with van der Waals surface area (Å²) in [6, 6.07) is 16.9. The van der Waals surface area contributed by atoms with Crippen LogP contribution in [-0.2, 0) is 19.5 Å². The number of anilines is 2. The van der Waals surface area contributed by atoms with Gasteiger partial charge in [-0.3, -0.25) is 19.2 Å². The average Bonchev–Trinajstić information content (AvgIpc) is 2.75. The second-order valence-electron chi connectivity index (χ2n) is 8.12. The molecule has 0 spiro atoms. The van der Waals surface area contributed by atoms with Gasteiger partial charge in [0.25, 0.3) is 5.56 Å². The summed E-state index contributed by atoms with van der Waals surface area (Å²) in [5, 5.41) is 0. The lowest BCUT2D eigenvalue weighted by Crippen LogP contribution is -2.48. The number of fused-ring (bicyclic) bond motifs is 1. The summed E-state index contributed by atoms with van der Waals surface area (Å²) in [7, 11) is 0. The molecule has 0 saturated heterocycles. The maximum atomic E-state index is 13.3. The number of aryl methyl sites for hydroxylation is 2. The van der Waals surface area contributed by atoms with Gasteiger partial charge < -0.3 is 0 Å². The summed E-state index contributed by atoms with van der Waals surface area (Å²) in [4.78, 5) is 22.7. The molecule has 156 valence electrons. The Morgan fingerprint density at radius 2 is 1.73 bits per heavy atom. The molecule has 2 heterocycles. The Labute approximate surface area is 178 Å². The van der Waals surface area contributed by atoms with E-state index in [1.54, 1.807) is 0 Å². The molecule has 5 heteroatoms. The monoisotopic (exact) mass is 402 g/mol. The van der Waals surface area contributed by atoms with Crippen LogP contribution in [0.2, 0.25) is 0 Å². The van der Waals surface area contributed by atoms with E-state index in [-0.39, 0.29) is 5.56 Å². The van der Waals surface area contributed by atoms with Crippen LogP contribution in [0.4, 0.5) is 11.6 Å². The summed E-state index contributed by atoms with van der Waals surface area (Å²) in [6.07, 6.45) is 1.65. The van der Waals surface area contributed by atoms with E-state index in [0.29, 0.717) is 19.8 Å². The number of hydrogen-bond donors (Lipinski definition) is 0. The minimum atomic E-state index is 0.0831. The number of benzene rings is 2. The van der Waals surface area contributed by atoms with Gasteiger partial charge in [0, 0.05) is 23.5 Å². The molecule has 0 aliphatic carbocycles. The number of aromatic nitrogens is 2. The molecule has 30 heavy (non-hydrogen) atoms. The number of hydrogen-bond acceptors (Lipinski definition) is 4. The molecule has 0 unspecified atom stereocenters. The number of rotatable bonds is 5. The van der Waals surface area contributed by atoms with Crippen molar-refractivity contribution in [2.75, 3.05) is 18.1 Å². The molecule has 2 aromatic carbocycles. The van der Waals surface area contributed by atoms with Crippen molar-refractivity contribution in [1.82, 2.24) is 14.5 Å². The highest BCUT2D eigenvalue weighted by Crippen LogP contribution is 2.31. The third kappa shape index (κ3) is 3.77. The molecule has 3 aromatic rings. The maximum absolute atomic E-state index is 13.3. The molecule has 0 fully saturated rings. The van der Waals surface area contributed by atoms with E-state index < -0.39 is 0 Å². The number of nitrogens with zero attached hydrogens (tertiary/aromatic N) is 4. The molecule has 0 saturated carbocycles. The van der Waals surface area contributed by atoms with Crippen molar-refractivity contribution in [2.24, 2.45) is 0 Å². The van der Waals surface area contributed by atoms with Crippen molar-refractivity contribution in [3.8, 4) is 0 Å². The Balaban J connectivity index is 1.75. The minimum Gasteiger partial charge on any atom is -0.298 e. The first-order valence-electron chi connectivity index (χ1n) is 10.7. The standard InChI is InChI=1S/C25H30N4O/c1-5-22-20(4)26-25-28(23-13-9-10-18(2)19(23)3)16-27(17-29(25)24(22)30)15-14-21-11-7-6-8-12-21/h6-13H,5,14-17H2,1-4H3. The molecular weight excluding hydrogens is 372 g/mol. The van der Waals surface area contributed by atoms with Gasteiger partial charge in [-0.15, -0.1) is 0 Å². The summed E-state index contributed by atoms with van der Waals surface area (Å²) in [6.45, 7) is 10.4. The first kappa shape index (κ1) is 20.4. The third-order valence-corrected chi connectivity index (χ3v) is 6.15. The summed E-state index contributed by atoms with van der Waals surface area (Å²) in [5.74, 6) is 0.749. The smallest absolute Gasteiger partial charge is 0.259 e. The Bertz CT molecular complexity index is 1100. The second-order valence-corrected chi connectivity index (χ2v) is 8.12. The van der Waals surface area contributed by atoms with Crippen LogP contribution in [0.1, 0.15) is 34.9 Å². The van der Waals surface area contributed by atoms with Gasteiger partial charge in [-0.05, 0) is 56.4 Å². The topological polar surface area (TPSA) is 41.4 Å². The highest BCUT2D eigenvalue weighted by molar-refractivity contribution is 5.64. The van der Waals surface area contributed by atoms with Crippen molar-refractivity contribution in [3.05, 3.63) is 86.8 Å². The largest absolute Gasteiger partial charge is 0.298 e. The predicted molar refractivity (Wildman–Crippen MR) is 122 cm³/mol. The zero-order chi connectivity index (χ0) is 21.3. The molecule has 1 aliphatic rings. The minimum absolute atomic E-state index is 0.0831. The van der Waals surface area contributed by atoms with Crippen LogP contribution in [0, 0.1) is 20.8 Å². The lowest BCUT2D eigenvalue weighted by molar-refractivity contribution is 0.200. The fraction of sp³-hybridized carbons (Fsp3) is 0.360. The van der Waals surface area contributed by atoms with Crippen molar-refractivity contribution >= 4 is 11.6 Å². The van der Waals surface area contributed by atoms with Gasteiger partial charge in [0.15, 0.2) is 0 Å². The Morgan fingerprint density at radius 3 is 2.47 bits per heavy atom. The first-order valence-corrected chi connectivity index (χ1v) is 10.7. The van der Waals surface area contributed by atoms with Crippen LogP contribution in [0.3, 0.4) is 0 Å². The van der Waals surface area contributed by atoms with Crippen molar-refractivity contribution in [2.45, 2.75) is 47.2 Å². The molecule has 1 aliphatic heterocycles. The van der Waals surface area contributed by atoms with Gasteiger partial charge in [-0.25, -0.2) is 4.98 Å². The van der Waals surface area contributed by atoms with E-state index >= 15 is 0 Å². The Morgan fingerprint density at radius 1 is 0.967 bits per heavy atom. The first-order chi connectivity index (χ1) is 14.5. The molecule has 0 amide bonds. The molecule has 4 rings (SSSR count). The van der Waals surface area contributed by atoms with E-state index in [4.69, 9.17) is 4.98 Å². The Hall–Kier alpha value is -2.92. The van der Waals surface area contributed by atoms with Crippen molar-refractivity contribution in [3.63, 3.8) is 0 Å². The normalized spacial score (nSPS) is 14.1. The van der Waals surface area contributed by atoms with Crippen LogP contribution in [-0.4, -0.2) is 27.7 Å². The zero-order valence-electron chi connectivity index (χ0n) is 18.4. The summed E-state index contributed by atoms with van der Waals surface area (Å²) >= 11 is 0. The predicted octanol–water partition coefficient (Wildman–Crippen LogP) is 4.34. The van der Waals surface area contributed by atoms with E-state index in [1.165, 1.54) is 16.7 Å². The van der Waals surface area contributed by atoms with Gasteiger partial charge in [0.05, 0.1) is 13.3 Å². The van der Waals surface area contributed by atoms with E-state index in [2.05, 4.69) is 66.1 Å². The molecule has 0 N–H and O–H groups in total. The maximum Gasteiger partial charge on any atom is 0.259 e. The van der Waals surface area contributed by atoms with Gasteiger partial charge in [-0.1, -0.05) is 49.4 Å². The highest BCUT2D eigenvalue weighted by Gasteiger charge is 2.28. The summed E-state index contributed by atoms with van der Waals surface area (Å²) in [5.41, 5.74) is 6.62. The summed E-state index contributed by atoms with van der Waals surface area (Å²) < 4.78 is 1.85. The zero-order valence-corrected chi connectivity index (χ0v) is 18.4. The van der Waals surface area contributed by atoms with Gasteiger partial charge in [0.1, 0.15) is 0 Å². The van der Waals surface area contributed by atoms with Crippen LogP contribution in [0.25, 0.3) is 0 Å². The second kappa shape index (κ2) is 8.44. The fourth-order valence-corrected chi connectivity index (χ4v) is 4.22. The van der Waals surface area contributed by atoms with Crippen LogP contribution < -0.4 is 10.5 Å². The van der Waals surface area contributed by atoms with Gasteiger partial charge in [-0.2, -0.15) is 0 Å². The molecule has 0 bridgehead atoms. The molecule has 5 nitrogen and oxygen atoms in total. The van der Waals surface area contributed by atoms with Crippen LogP contribution in [0.5, 0.6) is 0 Å². The van der Waals surface area contributed by atoms with E-state index in [9.17, 15) is 4.79 Å². The lowest BCUT2D eigenvalue weighted by atomic mass is 10.1. The molecular formula is C25H30N4O. The van der Waals surface area contributed by atoms with Crippen LogP contribution in [0.15, 0.2) is 53.3 Å². The van der Waals surface area contributed by atoms with Gasteiger partial charge >= 0.3 is 0 Å². The van der Waals surface area contributed by atoms with Gasteiger partial charge in [0.2, 0.25) is 5.95 Å². The SMILES string of the molecule is CCc1c(C)nc2n(c1=O)CN(CCc1ccccc1)CN2c1cccc(C)c1C. The molecule has 0 radical (unpaired) electrons. The van der Waals surface area contributed by atoms with Crippen LogP contribution >= 0.6 is 0 Å². The van der Waals surface area contributed by atoms with E-state index in [1.807, 2.05) is 24.5 Å². The lowest BCUT2D eigenvalue weighted by Gasteiger charge is -2.39. The van der Waals surface area contributed by atoms with Crippen molar-refractivity contribution < 1.29 is 0 Å². The third-order valence-electron chi connectivity index (χ3n) is 6.15. The highest BCUT2D eigenvalue weighted by atomic mass is 16.1. The van der Waals surface area contributed by atoms with Crippen molar-refractivity contribution in [1.29, 1.82) is 0 Å². The average molecular weight is 403 g/mol.